The van der Waals surface area contributed by atoms with E-state index in [1.54, 1.807) is 30.6 Å². The number of carbonyl (C=O) groups is 1. The first-order chi connectivity index (χ1) is 16.6. The summed E-state index contributed by atoms with van der Waals surface area (Å²) in [5, 5.41) is 21.8. The number of nitrogens with zero attached hydrogens (tertiary/aromatic N) is 2. The van der Waals surface area contributed by atoms with Gasteiger partial charge in [0.1, 0.15) is 11.5 Å². The number of aromatic nitrogens is 3. The topological polar surface area (TPSA) is 109 Å². The lowest BCUT2D eigenvalue weighted by atomic mass is 10.0. The number of benzene rings is 2. The number of nitrogens with one attached hydrogen (secondary N) is 2. The summed E-state index contributed by atoms with van der Waals surface area (Å²) in [5.41, 5.74) is 1.98. The number of aliphatic hydroxyl groups is 1. The van der Waals surface area contributed by atoms with E-state index in [0.717, 1.165) is 12.8 Å². The lowest BCUT2D eigenvalue weighted by Crippen LogP contribution is -2.36. The number of carbonyl (C=O) groups excluding carboxylic acids is 1. The molecule has 34 heavy (non-hydrogen) atoms. The van der Waals surface area contributed by atoms with Crippen molar-refractivity contribution in [3.8, 4) is 11.5 Å². The van der Waals surface area contributed by atoms with E-state index in [2.05, 4.69) is 20.5 Å². The van der Waals surface area contributed by atoms with E-state index >= 15 is 0 Å². The standard InChI is InChI=1S/C25H23ClN4O4/c26-21-10-17(34-16-4-2-1-3-5-16)8-9-19(21)24(32)20-11-27-25-23(20)22(12-28-30-25)29-15-6-7-18(13-31)33-14-15/h1-5,8-12,15,18,31H,6-7,13-14H2,(H2,27,29,30)/t15-,18+/m1/s1. The van der Waals surface area contributed by atoms with Crippen LogP contribution in [0.5, 0.6) is 11.5 Å². The molecule has 8 nitrogen and oxygen atoms in total. The predicted molar refractivity (Wildman–Crippen MR) is 129 cm³/mol. The lowest BCUT2D eigenvalue weighted by Gasteiger charge is -2.29. The van der Waals surface area contributed by atoms with Gasteiger partial charge >= 0.3 is 0 Å². The van der Waals surface area contributed by atoms with Crippen LogP contribution in [0.25, 0.3) is 11.0 Å². The second-order valence-electron chi connectivity index (χ2n) is 8.13. The van der Waals surface area contributed by atoms with Gasteiger partial charge in [-0.3, -0.25) is 4.79 Å². The number of fused-ring (bicyclic) bond motifs is 1. The van der Waals surface area contributed by atoms with E-state index < -0.39 is 0 Å². The van der Waals surface area contributed by atoms with Crippen molar-refractivity contribution >= 4 is 34.1 Å². The molecule has 0 unspecified atom stereocenters. The van der Waals surface area contributed by atoms with Gasteiger partial charge in [-0.25, -0.2) is 0 Å². The third-order valence-electron chi connectivity index (χ3n) is 5.82. The molecule has 3 N–H and O–H groups in total. The highest BCUT2D eigenvalue weighted by molar-refractivity contribution is 6.35. The molecule has 0 bridgehead atoms. The predicted octanol–water partition coefficient (Wildman–Crippen LogP) is 4.59. The summed E-state index contributed by atoms with van der Waals surface area (Å²) in [5.74, 6) is 0.984. The molecule has 1 saturated heterocycles. The molecular formula is C25H23ClN4O4. The van der Waals surface area contributed by atoms with Crippen molar-refractivity contribution in [1.29, 1.82) is 0 Å². The molecule has 0 aliphatic carbocycles. The van der Waals surface area contributed by atoms with E-state index in [1.807, 2.05) is 30.3 Å². The Hall–Kier alpha value is -3.46. The van der Waals surface area contributed by atoms with Gasteiger partial charge in [0.05, 0.1) is 47.2 Å². The van der Waals surface area contributed by atoms with E-state index in [0.29, 0.717) is 51.0 Å². The molecule has 0 amide bonds. The summed E-state index contributed by atoms with van der Waals surface area (Å²) in [6, 6.07) is 14.4. The molecular weight excluding hydrogens is 456 g/mol. The maximum atomic E-state index is 13.5. The second-order valence-corrected chi connectivity index (χ2v) is 8.53. The number of hydrogen-bond acceptors (Lipinski definition) is 7. The Morgan fingerprint density at radius 2 is 2.03 bits per heavy atom. The van der Waals surface area contributed by atoms with E-state index in [4.69, 9.17) is 21.1 Å². The van der Waals surface area contributed by atoms with Crippen molar-refractivity contribution in [2.75, 3.05) is 18.5 Å². The molecule has 5 rings (SSSR count). The zero-order valence-electron chi connectivity index (χ0n) is 18.2. The number of aliphatic hydroxyl groups excluding tert-OH is 1. The number of rotatable bonds is 7. The van der Waals surface area contributed by atoms with Crippen LogP contribution in [0.3, 0.4) is 0 Å². The van der Waals surface area contributed by atoms with Crippen LogP contribution in [0.15, 0.2) is 60.9 Å². The van der Waals surface area contributed by atoms with Crippen LogP contribution < -0.4 is 10.1 Å². The smallest absolute Gasteiger partial charge is 0.196 e. The number of ketones is 1. The van der Waals surface area contributed by atoms with Gasteiger partial charge in [-0.2, -0.15) is 5.10 Å². The fraction of sp³-hybridized carbons (Fsp3) is 0.240. The molecule has 3 heterocycles. The highest BCUT2D eigenvalue weighted by atomic mass is 35.5. The van der Waals surface area contributed by atoms with Crippen LogP contribution in [0.4, 0.5) is 5.69 Å². The molecule has 174 valence electrons. The lowest BCUT2D eigenvalue weighted by molar-refractivity contribution is -0.0223. The average Bonchev–Trinajstić information content (AvgIpc) is 3.30. The minimum atomic E-state index is -0.237. The van der Waals surface area contributed by atoms with Gasteiger partial charge in [-0.15, -0.1) is 5.10 Å². The molecule has 2 aromatic heterocycles. The maximum absolute atomic E-state index is 13.5. The molecule has 9 heteroatoms. The number of aromatic amines is 1. The first-order valence-electron chi connectivity index (χ1n) is 11.0. The van der Waals surface area contributed by atoms with E-state index in [9.17, 15) is 9.90 Å². The first kappa shape index (κ1) is 22.3. The number of para-hydroxylation sites is 1. The normalized spacial score (nSPS) is 18.1. The molecule has 0 radical (unpaired) electrons. The highest BCUT2D eigenvalue weighted by Crippen LogP contribution is 2.32. The van der Waals surface area contributed by atoms with Crippen molar-refractivity contribution < 1.29 is 19.4 Å². The fourth-order valence-corrected chi connectivity index (χ4v) is 4.31. The summed E-state index contributed by atoms with van der Waals surface area (Å²) >= 11 is 6.49. The minimum Gasteiger partial charge on any atom is -0.457 e. The number of ether oxygens (including phenoxy) is 2. The van der Waals surface area contributed by atoms with E-state index in [1.165, 1.54) is 0 Å². The Balaban J connectivity index is 1.40. The number of hydrogen-bond donors (Lipinski definition) is 3. The SMILES string of the molecule is O=C(c1ccc(Oc2ccccc2)cc1Cl)c1c[nH]c2nncc(N[C@@H]3CC[C@@H](CO)OC3)c12. The van der Waals surface area contributed by atoms with Gasteiger partial charge in [0.2, 0.25) is 0 Å². The number of H-pyrrole nitrogens is 1. The van der Waals surface area contributed by atoms with Crippen LogP contribution in [0.1, 0.15) is 28.8 Å². The Morgan fingerprint density at radius 3 is 2.76 bits per heavy atom. The van der Waals surface area contributed by atoms with Gasteiger partial charge in [0.25, 0.3) is 0 Å². The minimum absolute atomic E-state index is 0.0141. The van der Waals surface area contributed by atoms with Gasteiger partial charge in [-0.05, 0) is 37.1 Å². The third kappa shape index (κ3) is 4.61. The summed E-state index contributed by atoms with van der Waals surface area (Å²) in [6.45, 7) is 0.470. The molecule has 1 aliphatic heterocycles. The fourth-order valence-electron chi connectivity index (χ4n) is 4.06. The largest absolute Gasteiger partial charge is 0.457 e. The van der Waals surface area contributed by atoms with Gasteiger partial charge in [0.15, 0.2) is 11.4 Å². The summed E-state index contributed by atoms with van der Waals surface area (Å²) in [7, 11) is 0. The Labute approximate surface area is 200 Å². The monoisotopic (exact) mass is 478 g/mol. The van der Waals surface area contributed by atoms with Crippen LogP contribution in [-0.2, 0) is 4.74 Å². The Bertz CT molecular complexity index is 1300. The molecule has 2 atom stereocenters. The van der Waals surface area contributed by atoms with E-state index in [-0.39, 0.29) is 24.5 Å². The Kier molecular flexibility index (Phi) is 6.44. The average molecular weight is 479 g/mol. The van der Waals surface area contributed by atoms with Crippen LogP contribution in [-0.4, -0.2) is 51.4 Å². The molecule has 1 fully saturated rings. The van der Waals surface area contributed by atoms with Crippen molar-refractivity contribution in [3.63, 3.8) is 0 Å². The number of anilines is 1. The molecule has 0 saturated carbocycles. The van der Waals surface area contributed by atoms with Crippen LogP contribution >= 0.6 is 11.6 Å². The number of halogens is 1. The quantitative estimate of drug-likeness (QED) is 0.333. The van der Waals surface area contributed by atoms with Gasteiger partial charge < -0.3 is 24.9 Å². The molecule has 4 aromatic rings. The second kappa shape index (κ2) is 9.80. The summed E-state index contributed by atoms with van der Waals surface area (Å²) in [4.78, 5) is 16.5. The van der Waals surface area contributed by atoms with Crippen molar-refractivity contribution in [1.82, 2.24) is 15.2 Å². The molecule has 1 aliphatic rings. The van der Waals surface area contributed by atoms with Crippen molar-refractivity contribution in [3.05, 3.63) is 77.1 Å². The van der Waals surface area contributed by atoms with Crippen LogP contribution in [0.2, 0.25) is 5.02 Å². The zero-order chi connectivity index (χ0) is 23.5. The zero-order valence-corrected chi connectivity index (χ0v) is 19.0. The third-order valence-corrected chi connectivity index (χ3v) is 6.13. The van der Waals surface area contributed by atoms with Crippen molar-refractivity contribution in [2.45, 2.75) is 25.0 Å². The Morgan fingerprint density at radius 1 is 1.18 bits per heavy atom. The highest BCUT2D eigenvalue weighted by Gasteiger charge is 2.24. The molecule has 2 aromatic carbocycles. The summed E-state index contributed by atoms with van der Waals surface area (Å²) in [6.07, 6.45) is 4.67. The van der Waals surface area contributed by atoms with Gasteiger partial charge in [0, 0.05) is 23.9 Å². The first-order valence-corrected chi connectivity index (χ1v) is 11.4. The van der Waals surface area contributed by atoms with Crippen LogP contribution in [0, 0.1) is 0 Å². The van der Waals surface area contributed by atoms with Gasteiger partial charge in [-0.1, -0.05) is 29.8 Å². The molecule has 0 spiro atoms. The summed E-state index contributed by atoms with van der Waals surface area (Å²) < 4.78 is 11.5. The maximum Gasteiger partial charge on any atom is 0.196 e. The van der Waals surface area contributed by atoms with Crippen molar-refractivity contribution in [2.24, 2.45) is 0 Å².